The first-order valence-corrected chi connectivity index (χ1v) is 8.18. The number of amides is 1. The molecule has 134 valence electrons. The number of carbonyl (C=O) groups excluding carboxylic acids is 1. The summed E-state index contributed by atoms with van der Waals surface area (Å²) >= 11 is 0. The van der Waals surface area contributed by atoms with Crippen molar-refractivity contribution in [3.05, 3.63) is 59.2 Å². The quantitative estimate of drug-likeness (QED) is 0.802. The van der Waals surface area contributed by atoms with Gasteiger partial charge < -0.3 is 10.6 Å². The fourth-order valence-electron chi connectivity index (χ4n) is 2.83. The summed E-state index contributed by atoms with van der Waals surface area (Å²) in [6.07, 6.45) is 5.31. The number of hydrogen-bond acceptors (Lipinski definition) is 3. The predicted octanol–water partition coefficient (Wildman–Crippen LogP) is 2.65. The normalized spacial score (nSPS) is 13.8. The Morgan fingerprint density at radius 3 is 2.76 bits per heavy atom. The number of carbonyl (C=O) groups is 1. The number of nitrogens with one attached hydrogen (secondary N) is 2. The summed E-state index contributed by atoms with van der Waals surface area (Å²) in [7, 11) is 0. The Bertz CT molecular complexity index is 755. The van der Waals surface area contributed by atoms with Crippen LogP contribution >= 0.6 is 12.4 Å². The summed E-state index contributed by atoms with van der Waals surface area (Å²) < 4.78 is 14.8. The molecule has 7 heteroatoms. The van der Waals surface area contributed by atoms with E-state index in [-0.39, 0.29) is 24.1 Å². The van der Waals surface area contributed by atoms with Crippen LogP contribution in [0.5, 0.6) is 0 Å². The van der Waals surface area contributed by atoms with Crippen LogP contribution in [0, 0.1) is 5.82 Å². The first-order chi connectivity index (χ1) is 11.7. The van der Waals surface area contributed by atoms with E-state index in [0.717, 1.165) is 30.9 Å². The molecule has 2 aromatic rings. The molecule has 3 rings (SSSR count). The second kappa shape index (κ2) is 8.78. The SMILES string of the molecule is CCc1c(C(=O)NCC2=CCNCC2)cnn1-c1ccc(F)cc1.Cl. The van der Waals surface area contributed by atoms with Crippen molar-refractivity contribution in [3.63, 3.8) is 0 Å². The Balaban J connectivity index is 0.00000225. The monoisotopic (exact) mass is 364 g/mol. The maximum atomic E-state index is 13.1. The molecule has 2 heterocycles. The van der Waals surface area contributed by atoms with Crippen molar-refractivity contribution in [1.29, 1.82) is 0 Å². The van der Waals surface area contributed by atoms with E-state index in [4.69, 9.17) is 0 Å². The number of halogens is 2. The van der Waals surface area contributed by atoms with Gasteiger partial charge in [-0.2, -0.15) is 5.10 Å². The Kier molecular flexibility index (Phi) is 6.73. The zero-order valence-corrected chi connectivity index (χ0v) is 14.9. The third-order valence-corrected chi connectivity index (χ3v) is 4.15. The molecule has 5 nitrogen and oxygen atoms in total. The lowest BCUT2D eigenvalue weighted by Gasteiger charge is -2.14. The van der Waals surface area contributed by atoms with Gasteiger partial charge in [0.05, 0.1) is 23.1 Å². The fourth-order valence-corrected chi connectivity index (χ4v) is 2.83. The summed E-state index contributed by atoms with van der Waals surface area (Å²) in [5.74, 6) is -0.420. The van der Waals surface area contributed by atoms with Gasteiger partial charge in [-0.3, -0.25) is 4.79 Å². The minimum absolute atomic E-state index is 0. The molecule has 2 N–H and O–H groups in total. The van der Waals surface area contributed by atoms with Crippen LogP contribution in [0.1, 0.15) is 29.4 Å². The standard InChI is InChI=1S/C18H21FN4O.ClH/c1-2-17-16(18(24)21-11-13-7-9-20-10-8-13)12-22-23(17)15-5-3-14(19)4-6-15;/h3-7,12,20H,2,8-11H2,1H3,(H,21,24);1H. The van der Waals surface area contributed by atoms with Crippen LogP contribution in [0.4, 0.5) is 4.39 Å². The number of rotatable bonds is 5. The predicted molar refractivity (Wildman–Crippen MR) is 98.1 cm³/mol. The summed E-state index contributed by atoms with van der Waals surface area (Å²) in [4.78, 5) is 12.5. The molecule has 1 aromatic carbocycles. The maximum Gasteiger partial charge on any atom is 0.255 e. The highest BCUT2D eigenvalue weighted by Crippen LogP contribution is 2.16. The first-order valence-electron chi connectivity index (χ1n) is 8.18. The van der Waals surface area contributed by atoms with Gasteiger partial charge in [-0.25, -0.2) is 9.07 Å². The molecule has 25 heavy (non-hydrogen) atoms. The van der Waals surface area contributed by atoms with Gasteiger partial charge >= 0.3 is 0 Å². The molecule has 0 saturated carbocycles. The lowest BCUT2D eigenvalue weighted by Crippen LogP contribution is -2.30. The van der Waals surface area contributed by atoms with Gasteiger partial charge in [0.2, 0.25) is 0 Å². The van der Waals surface area contributed by atoms with E-state index in [1.165, 1.54) is 17.7 Å². The number of nitrogens with zero attached hydrogens (tertiary/aromatic N) is 2. The summed E-state index contributed by atoms with van der Waals surface area (Å²) in [6, 6.07) is 6.09. The molecule has 0 unspecified atom stereocenters. The van der Waals surface area contributed by atoms with Crippen molar-refractivity contribution in [2.75, 3.05) is 19.6 Å². The van der Waals surface area contributed by atoms with Crippen molar-refractivity contribution < 1.29 is 9.18 Å². The minimum Gasteiger partial charge on any atom is -0.348 e. The van der Waals surface area contributed by atoms with Crippen LogP contribution in [0.25, 0.3) is 5.69 Å². The van der Waals surface area contributed by atoms with Crippen molar-refractivity contribution in [2.45, 2.75) is 19.8 Å². The third kappa shape index (κ3) is 4.46. The van der Waals surface area contributed by atoms with E-state index in [1.54, 1.807) is 23.0 Å². The van der Waals surface area contributed by atoms with Gasteiger partial charge in [0.15, 0.2) is 0 Å². The summed E-state index contributed by atoms with van der Waals surface area (Å²) in [6.45, 7) is 4.34. The number of hydrogen-bond donors (Lipinski definition) is 2. The van der Waals surface area contributed by atoms with Gasteiger partial charge in [-0.15, -0.1) is 12.4 Å². The molecule has 0 aliphatic carbocycles. The Labute approximate surface area is 152 Å². The Hall–Kier alpha value is -2.18. The highest BCUT2D eigenvalue weighted by atomic mass is 35.5. The van der Waals surface area contributed by atoms with E-state index < -0.39 is 0 Å². The molecule has 1 amide bonds. The second-order valence-electron chi connectivity index (χ2n) is 5.75. The van der Waals surface area contributed by atoms with Gasteiger partial charge in [0, 0.05) is 13.1 Å². The van der Waals surface area contributed by atoms with E-state index in [2.05, 4.69) is 21.8 Å². The second-order valence-corrected chi connectivity index (χ2v) is 5.75. The zero-order valence-electron chi connectivity index (χ0n) is 14.1. The molecule has 0 atom stereocenters. The molecule has 0 fully saturated rings. The van der Waals surface area contributed by atoms with Gasteiger partial charge in [0.1, 0.15) is 5.82 Å². The van der Waals surface area contributed by atoms with E-state index in [0.29, 0.717) is 18.5 Å². The average Bonchev–Trinajstić information content (AvgIpc) is 3.05. The highest BCUT2D eigenvalue weighted by molar-refractivity contribution is 5.95. The number of aromatic nitrogens is 2. The van der Waals surface area contributed by atoms with Crippen molar-refractivity contribution in [2.24, 2.45) is 0 Å². The van der Waals surface area contributed by atoms with Gasteiger partial charge in [-0.1, -0.05) is 18.6 Å². The molecule has 0 bridgehead atoms. The molecular weight excluding hydrogens is 343 g/mol. The summed E-state index contributed by atoms with van der Waals surface area (Å²) in [5, 5.41) is 10.5. The van der Waals surface area contributed by atoms with Crippen LogP contribution in [0.3, 0.4) is 0 Å². The van der Waals surface area contributed by atoms with Crippen LogP contribution in [0.15, 0.2) is 42.1 Å². The van der Waals surface area contributed by atoms with E-state index in [9.17, 15) is 9.18 Å². The van der Waals surface area contributed by atoms with Crippen molar-refractivity contribution >= 4 is 18.3 Å². The lowest BCUT2D eigenvalue weighted by atomic mass is 10.1. The third-order valence-electron chi connectivity index (χ3n) is 4.15. The smallest absolute Gasteiger partial charge is 0.255 e. The average molecular weight is 365 g/mol. The Morgan fingerprint density at radius 2 is 2.12 bits per heavy atom. The fraction of sp³-hybridized carbons (Fsp3) is 0.333. The zero-order chi connectivity index (χ0) is 16.9. The van der Waals surface area contributed by atoms with Crippen LogP contribution < -0.4 is 10.6 Å². The molecule has 0 spiro atoms. The van der Waals surface area contributed by atoms with Crippen molar-refractivity contribution in [3.8, 4) is 5.69 Å². The molecule has 0 saturated heterocycles. The van der Waals surface area contributed by atoms with Gasteiger partial charge in [-0.05, 0) is 43.7 Å². The summed E-state index contributed by atoms with van der Waals surface area (Å²) in [5.41, 5.74) is 3.37. The van der Waals surface area contributed by atoms with E-state index in [1.807, 2.05) is 6.92 Å². The molecule has 1 aliphatic heterocycles. The van der Waals surface area contributed by atoms with Crippen LogP contribution in [-0.2, 0) is 6.42 Å². The molecule has 1 aliphatic rings. The topological polar surface area (TPSA) is 59.0 Å². The van der Waals surface area contributed by atoms with Crippen LogP contribution in [0.2, 0.25) is 0 Å². The highest BCUT2D eigenvalue weighted by Gasteiger charge is 2.17. The minimum atomic E-state index is -0.294. The first kappa shape index (κ1) is 19.1. The lowest BCUT2D eigenvalue weighted by molar-refractivity contribution is 0.0955. The molecular formula is C18H22ClFN4O. The van der Waals surface area contributed by atoms with Crippen molar-refractivity contribution in [1.82, 2.24) is 20.4 Å². The molecule has 1 aromatic heterocycles. The number of benzene rings is 1. The van der Waals surface area contributed by atoms with Gasteiger partial charge in [0.25, 0.3) is 5.91 Å². The van der Waals surface area contributed by atoms with E-state index >= 15 is 0 Å². The van der Waals surface area contributed by atoms with Crippen LogP contribution in [-0.4, -0.2) is 35.3 Å². The Morgan fingerprint density at radius 1 is 1.36 bits per heavy atom. The largest absolute Gasteiger partial charge is 0.348 e. The maximum absolute atomic E-state index is 13.1. The molecule has 0 radical (unpaired) electrons.